The summed E-state index contributed by atoms with van der Waals surface area (Å²) >= 11 is 10.4. The molecule has 0 aliphatic rings. The van der Waals surface area contributed by atoms with Crippen LogP contribution < -0.4 is 0 Å². The first-order valence-corrected chi connectivity index (χ1v) is 4.84. The molecule has 0 radical (unpaired) electrons. The van der Waals surface area contributed by atoms with Gasteiger partial charge in [-0.25, -0.2) is 0 Å². The second-order valence-electron chi connectivity index (χ2n) is 2.13. The highest BCUT2D eigenvalue weighted by Gasteiger charge is 1.97. The lowest BCUT2D eigenvalue weighted by Crippen LogP contribution is -1.79. The molecule has 0 saturated carbocycles. The maximum absolute atomic E-state index is 4.86. The predicted octanol–water partition coefficient (Wildman–Crippen LogP) is 3.30. The summed E-state index contributed by atoms with van der Waals surface area (Å²) in [6.45, 7) is 2.06. The van der Waals surface area contributed by atoms with E-state index in [0.29, 0.717) is 3.53 Å². The molecule has 0 fully saturated rings. The van der Waals surface area contributed by atoms with Crippen molar-refractivity contribution in [3.63, 3.8) is 0 Å². The van der Waals surface area contributed by atoms with Crippen LogP contribution in [-0.4, -0.2) is 3.53 Å². The van der Waals surface area contributed by atoms with E-state index >= 15 is 0 Å². The van der Waals surface area contributed by atoms with Crippen molar-refractivity contribution in [2.75, 3.05) is 0 Å². The fraction of sp³-hybridized carbons (Fsp3) is 0.125. The van der Waals surface area contributed by atoms with Crippen molar-refractivity contribution >= 4 is 40.1 Å². The number of rotatable bonds is 1. The summed E-state index contributed by atoms with van der Waals surface area (Å²) in [5.41, 5.74) is 1.24. The fourth-order valence-corrected chi connectivity index (χ4v) is 1.89. The zero-order valence-electron chi connectivity index (χ0n) is 6.07. The molecule has 1 aromatic carbocycles. The second kappa shape index (κ2) is 4.14. The second-order valence-corrected chi connectivity index (χ2v) is 4.90. The molecule has 0 atom stereocenters. The highest BCUT2D eigenvalue weighted by molar-refractivity contribution is 8.41. The van der Waals surface area contributed by atoms with Crippen molar-refractivity contribution in [3.05, 3.63) is 29.8 Å². The van der Waals surface area contributed by atoms with E-state index in [1.807, 2.05) is 18.2 Å². The third kappa shape index (κ3) is 2.85. The van der Waals surface area contributed by atoms with Crippen LogP contribution in [0.5, 0.6) is 0 Å². The van der Waals surface area contributed by atoms with Crippen LogP contribution in [0, 0.1) is 6.92 Å². The minimum absolute atomic E-state index is 0.666. The van der Waals surface area contributed by atoms with E-state index < -0.39 is 0 Å². The van der Waals surface area contributed by atoms with Crippen molar-refractivity contribution in [3.8, 4) is 0 Å². The Labute approximate surface area is 81.8 Å². The third-order valence-corrected chi connectivity index (χ3v) is 2.67. The van der Waals surface area contributed by atoms with Crippen molar-refractivity contribution in [1.29, 1.82) is 0 Å². The van der Waals surface area contributed by atoms with E-state index in [4.69, 9.17) is 12.2 Å². The fourth-order valence-electron chi connectivity index (χ4n) is 0.765. The van der Waals surface area contributed by atoms with Gasteiger partial charge in [-0.1, -0.05) is 42.2 Å². The Kier molecular flexibility index (Phi) is 3.43. The lowest BCUT2D eigenvalue weighted by molar-refractivity contribution is 1.31. The van der Waals surface area contributed by atoms with Gasteiger partial charge in [0.1, 0.15) is 3.53 Å². The number of thiol groups is 1. The van der Waals surface area contributed by atoms with E-state index in [2.05, 4.69) is 25.6 Å². The molecule has 0 nitrogen and oxygen atoms in total. The van der Waals surface area contributed by atoms with Crippen LogP contribution >= 0.6 is 36.6 Å². The third-order valence-electron chi connectivity index (χ3n) is 1.29. The molecule has 0 saturated heterocycles. The van der Waals surface area contributed by atoms with E-state index in [1.54, 1.807) is 0 Å². The largest absolute Gasteiger partial charge is 0.125 e. The summed E-state index contributed by atoms with van der Waals surface area (Å²) in [5, 5.41) is 0. The average molecular weight is 200 g/mol. The average Bonchev–Trinajstić information content (AvgIpc) is 1.93. The Balaban J connectivity index is 2.86. The zero-order valence-corrected chi connectivity index (χ0v) is 8.60. The van der Waals surface area contributed by atoms with Crippen LogP contribution in [0.15, 0.2) is 29.2 Å². The van der Waals surface area contributed by atoms with E-state index in [-0.39, 0.29) is 0 Å². The molecule has 1 rings (SSSR count). The number of hydrogen-bond donors (Lipinski definition) is 1. The molecule has 0 bridgehead atoms. The van der Waals surface area contributed by atoms with Gasteiger partial charge in [0.05, 0.1) is 0 Å². The lowest BCUT2D eigenvalue weighted by Gasteiger charge is -2.00. The van der Waals surface area contributed by atoms with Crippen molar-refractivity contribution < 1.29 is 0 Å². The summed E-state index contributed by atoms with van der Waals surface area (Å²) in [4.78, 5) is 1.19. The molecule has 0 unspecified atom stereocenters. The van der Waals surface area contributed by atoms with E-state index in [0.717, 1.165) is 0 Å². The van der Waals surface area contributed by atoms with E-state index in [9.17, 15) is 0 Å². The van der Waals surface area contributed by atoms with Crippen LogP contribution in [0.3, 0.4) is 0 Å². The summed E-state index contributed by atoms with van der Waals surface area (Å²) in [6, 6.07) is 8.12. The van der Waals surface area contributed by atoms with Gasteiger partial charge in [-0.05, 0) is 18.6 Å². The van der Waals surface area contributed by atoms with Gasteiger partial charge in [0, 0.05) is 4.90 Å². The number of hydrogen-bond acceptors (Lipinski definition) is 2. The molecule has 0 spiro atoms. The maximum atomic E-state index is 4.86. The Morgan fingerprint density at radius 3 is 2.64 bits per heavy atom. The van der Waals surface area contributed by atoms with E-state index in [1.165, 1.54) is 22.2 Å². The lowest BCUT2D eigenvalue weighted by atomic mass is 10.2. The molecule has 1 aromatic rings. The Morgan fingerprint density at radius 1 is 1.45 bits per heavy atom. The van der Waals surface area contributed by atoms with Crippen molar-refractivity contribution in [2.45, 2.75) is 11.8 Å². The molecule has 0 amide bonds. The highest BCUT2D eigenvalue weighted by atomic mass is 32.2. The zero-order chi connectivity index (χ0) is 8.27. The Morgan fingerprint density at radius 2 is 2.09 bits per heavy atom. The molecular weight excluding hydrogens is 192 g/mol. The first-order valence-electron chi connectivity index (χ1n) is 3.16. The maximum Gasteiger partial charge on any atom is 0.105 e. The van der Waals surface area contributed by atoms with Crippen molar-refractivity contribution in [1.82, 2.24) is 0 Å². The highest BCUT2D eigenvalue weighted by Crippen LogP contribution is 2.24. The van der Waals surface area contributed by atoms with Gasteiger partial charge < -0.3 is 0 Å². The van der Waals surface area contributed by atoms with Gasteiger partial charge in [0.15, 0.2) is 0 Å². The first-order chi connectivity index (χ1) is 5.20. The molecule has 0 N–H and O–H groups in total. The van der Waals surface area contributed by atoms with Gasteiger partial charge in [0.2, 0.25) is 0 Å². The van der Waals surface area contributed by atoms with Crippen LogP contribution in [0.25, 0.3) is 0 Å². The summed E-state index contributed by atoms with van der Waals surface area (Å²) in [7, 11) is 0. The quantitative estimate of drug-likeness (QED) is 0.419. The summed E-state index contributed by atoms with van der Waals surface area (Å²) in [6.07, 6.45) is 0. The Bertz CT molecular complexity index is 268. The van der Waals surface area contributed by atoms with Gasteiger partial charge in [-0.3, -0.25) is 0 Å². The molecule has 0 aliphatic heterocycles. The van der Waals surface area contributed by atoms with Gasteiger partial charge in [-0.15, -0.1) is 12.6 Å². The van der Waals surface area contributed by atoms with Crippen LogP contribution in [0.1, 0.15) is 5.56 Å². The standard InChI is InChI=1S/C8H8S3/c1-6-4-2-3-5-7(6)11-8(9)10/h2-5H,1H3,(H,9,10). The summed E-state index contributed by atoms with van der Waals surface area (Å²) in [5.74, 6) is 0. The number of aryl methyl sites for hydroxylation is 1. The van der Waals surface area contributed by atoms with Gasteiger partial charge >= 0.3 is 0 Å². The first kappa shape index (κ1) is 9.10. The SMILES string of the molecule is Cc1ccccc1SC(=S)S. The smallest absolute Gasteiger partial charge is 0.105 e. The minimum atomic E-state index is 0.666. The molecule has 11 heavy (non-hydrogen) atoms. The number of thioether (sulfide) groups is 1. The van der Waals surface area contributed by atoms with Crippen molar-refractivity contribution in [2.24, 2.45) is 0 Å². The predicted molar refractivity (Wildman–Crippen MR) is 58.6 cm³/mol. The van der Waals surface area contributed by atoms with Crippen LogP contribution in [0.4, 0.5) is 0 Å². The topological polar surface area (TPSA) is 0 Å². The minimum Gasteiger partial charge on any atom is -0.125 e. The molecule has 0 heterocycles. The molecule has 58 valence electrons. The van der Waals surface area contributed by atoms with Gasteiger partial charge in [-0.2, -0.15) is 0 Å². The monoisotopic (exact) mass is 200 g/mol. The van der Waals surface area contributed by atoms with Gasteiger partial charge in [0.25, 0.3) is 0 Å². The number of thiocarbonyl (C=S) groups is 1. The number of benzene rings is 1. The van der Waals surface area contributed by atoms with Crippen LogP contribution in [-0.2, 0) is 0 Å². The molecule has 0 aliphatic carbocycles. The Hall–Kier alpha value is 0.01000. The molecule has 3 heteroatoms. The molecule has 0 aromatic heterocycles. The normalized spacial score (nSPS) is 9.64. The molecular formula is C8H8S3. The van der Waals surface area contributed by atoms with Crippen LogP contribution in [0.2, 0.25) is 0 Å². The summed E-state index contributed by atoms with van der Waals surface area (Å²) < 4.78 is 0.666.